The van der Waals surface area contributed by atoms with Crippen LogP contribution in [-0.4, -0.2) is 90.0 Å². The summed E-state index contributed by atoms with van der Waals surface area (Å²) in [5, 5.41) is 0. The molecule has 4 nitrogen and oxygen atoms in total. The maximum Gasteiger partial charge on any atom is 0.161 e. The van der Waals surface area contributed by atoms with E-state index in [1.165, 1.54) is 123 Å². The first-order valence-corrected chi connectivity index (χ1v) is 15.0. The van der Waals surface area contributed by atoms with Crippen LogP contribution in [0.25, 0.3) is 0 Å². The smallest absolute Gasteiger partial charge is 0.161 e. The average Bonchev–Trinajstić information content (AvgIpc) is 2.73. The molecule has 30 heavy (non-hydrogen) atoms. The molecule has 5 heteroatoms. The predicted octanol–water partition coefficient (Wildman–Crippen LogP) is 5.02. The Morgan fingerprint density at radius 3 is 1.27 bits per heavy atom. The number of nitrogens with zero attached hydrogens (tertiary/aromatic N) is 3. The maximum atomic E-state index is 5.90. The van der Waals surface area contributed by atoms with E-state index in [-0.39, 0.29) is 9.76 Å². The third-order valence-electron chi connectivity index (χ3n) is 5.71. The van der Waals surface area contributed by atoms with Gasteiger partial charge in [0.15, 0.2) is 9.76 Å². The van der Waals surface area contributed by atoms with Crippen molar-refractivity contribution in [3.8, 4) is 0 Å². The Bertz CT molecular complexity index is 300. The first-order valence-electron chi connectivity index (χ1n) is 13.5. The minimum atomic E-state index is -0.287. The predicted molar refractivity (Wildman–Crippen MR) is 139 cm³/mol. The molecule has 0 unspecified atom stereocenters. The molecule has 0 aliphatic carbocycles. The van der Waals surface area contributed by atoms with E-state index in [0.29, 0.717) is 0 Å². The summed E-state index contributed by atoms with van der Waals surface area (Å²) in [5.41, 5.74) is 0. The molecule has 0 aromatic heterocycles. The van der Waals surface area contributed by atoms with Crippen LogP contribution in [0.15, 0.2) is 0 Å². The van der Waals surface area contributed by atoms with Crippen LogP contribution in [-0.2, 0) is 4.43 Å². The van der Waals surface area contributed by atoms with E-state index in [2.05, 4.69) is 49.3 Å². The van der Waals surface area contributed by atoms with E-state index in [4.69, 9.17) is 4.43 Å². The lowest BCUT2D eigenvalue weighted by atomic mass is 10.2. The lowest BCUT2D eigenvalue weighted by Gasteiger charge is -2.27. The topological polar surface area (TPSA) is 19.0 Å². The van der Waals surface area contributed by atoms with E-state index in [9.17, 15) is 0 Å². The van der Waals surface area contributed by atoms with E-state index >= 15 is 0 Å². The SMILES string of the molecule is CCCCO[SiH2]CCCN(CCCN(CCC)CCC)CCCN(CCC)CCC. The summed E-state index contributed by atoms with van der Waals surface area (Å²) >= 11 is 0. The van der Waals surface area contributed by atoms with Gasteiger partial charge in [-0.2, -0.15) is 0 Å². The van der Waals surface area contributed by atoms with Gasteiger partial charge in [-0.1, -0.05) is 41.0 Å². The van der Waals surface area contributed by atoms with Crippen LogP contribution in [0, 0.1) is 0 Å². The summed E-state index contributed by atoms with van der Waals surface area (Å²) in [6.45, 7) is 23.9. The lowest BCUT2D eigenvalue weighted by molar-refractivity contribution is 0.207. The molecule has 0 radical (unpaired) electrons. The van der Waals surface area contributed by atoms with Gasteiger partial charge in [-0.05, 0) is 116 Å². The molecule has 182 valence electrons. The molecule has 0 fully saturated rings. The second kappa shape index (κ2) is 23.7. The molecule has 0 amide bonds. The Labute approximate surface area is 193 Å². The van der Waals surface area contributed by atoms with Gasteiger partial charge in [-0.3, -0.25) is 0 Å². The molecular formula is C25H57N3OSi. The molecule has 0 atom stereocenters. The first-order chi connectivity index (χ1) is 14.7. The highest BCUT2D eigenvalue weighted by molar-refractivity contribution is 6.26. The molecule has 0 aliphatic rings. The fourth-order valence-corrected chi connectivity index (χ4v) is 5.24. The van der Waals surface area contributed by atoms with Gasteiger partial charge in [0.1, 0.15) is 0 Å². The van der Waals surface area contributed by atoms with Crippen LogP contribution >= 0.6 is 0 Å². The van der Waals surface area contributed by atoms with Gasteiger partial charge in [-0.15, -0.1) is 0 Å². The molecule has 0 aromatic rings. The van der Waals surface area contributed by atoms with Crippen molar-refractivity contribution in [2.75, 3.05) is 65.5 Å². The van der Waals surface area contributed by atoms with Crippen LogP contribution in [0.3, 0.4) is 0 Å². The van der Waals surface area contributed by atoms with Crippen LogP contribution in [0.1, 0.15) is 92.4 Å². The summed E-state index contributed by atoms with van der Waals surface area (Å²) in [6, 6.07) is 1.34. The molecular weight excluding hydrogens is 386 g/mol. The van der Waals surface area contributed by atoms with E-state index in [0.717, 1.165) is 6.61 Å². The van der Waals surface area contributed by atoms with E-state index < -0.39 is 0 Å². The Kier molecular flexibility index (Phi) is 23.8. The monoisotopic (exact) mass is 443 g/mol. The zero-order valence-electron chi connectivity index (χ0n) is 21.6. The van der Waals surface area contributed by atoms with Crippen molar-refractivity contribution in [1.29, 1.82) is 0 Å². The zero-order valence-corrected chi connectivity index (χ0v) is 23.0. The van der Waals surface area contributed by atoms with E-state index in [1.807, 2.05) is 0 Å². The van der Waals surface area contributed by atoms with E-state index in [1.54, 1.807) is 0 Å². The van der Waals surface area contributed by atoms with Crippen molar-refractivity contribution in [1.82, 2.24) is 14.7 Å². The summed E-state index contributed by atoms with van der Waals surface area (Å²) < 4.78 is 5.90. The summed E-state index contributed by atoms with van der Waals surface area (Å²) in [7, 11) is -0.287. The average molecular weight is 444 g/mol. The molecule has 0 saturated carbocycles. The largest absolute Gasteiger partial charge is 0.424 e. The Morgan fingerprint density at radius 2 is 0.867 bits per heavy atom. The highest BCUT2D eigenvalue weighted by Crippen LogP contribution is 2.04. The number of unbranched alkanes of at least 4 members (excludes halogenated alkanes) is 1. The maximum absolute atomic E-state index is 5.90. The van der Waals surface area contributed by atoms with Crippen LogP contribution in [0.5, 0.6) is 0 Å². The highest BCUT2D eigenvalue weighted by Gasteiger charge is 2.09. The molecule has 0 rings (SSSR count). The number of rotatable bonds is 24. The zero-order chi connectivity index (χ0) is 22.3. The lowest BCUT2D eigenvalue weighted by Crippen LogP contribution is -2.34. The van der Waals surface area contributed by atoms with Crippen LogP contribution < -0.4 is 0 Å². The van der Waals surface area contributed by atoms with Crippen LogP contribution in [0.4, 0.5) is 0 Å². The third kappa shape index (κ3) is 18.8. The first kappa shape index (κ1) is 30.1. The third-order valence-corrected chi connectivity index (χ3v) is 7.08. The number of hydrogen-bond donors (Lipinski definition) is 0. The van der Waals surface area contributed by atoms with Gasteiger partial charge in [0, 0.05) is 6.61 Å². The normalized spacial score (nSPS) is 12.4. The van der Waals surface area contributed by atoms with Crippen molar-refractivity contribution in [2.24, 2.45) is 0 Å². The van der Waals surface area contributed by atoms with Gasteiger partial charge in [-0.25, -0.2) is 0 Å². The van der Waals surface area contributed by atoms with Crippen molar-refractivity contribution in [3.05, 3.63) is 0 Å². The molecule has 0 bridgehead atoms. The summed E-state index contributed by atoms with van der Waals surface area (Å²) in [6.07, 6.45) is 11.6. The summed E-state index contributed by atoms with van der Waals surface area (Å²) in [4.78, 5) is 8.08. The van der Waals surface area contributed by atoms with Gasteiger partial charge in [0.25, 0.3) is 0 Å². The quantitative estimate of drug-likeness (QED) is 0.154. The molecule has 0 heterocycles. The fraction of sp³-hybridized carbons (Fsp3) is 1.00. The molecule has 0 aromatic carbocycles. The second-order valence-corrected chi connectivity index (χ2v) is 10.4. The fourth-order valence-electron chi connectivity index (χ4n) is 4.19. The van der Waals surface area contributed by atoms with Crippen molar-refractivity contribution in [3.63, 3.8) is 0 Å². The van der Waals surface area contributed by atoms with Crippen molar-refractivity contribution < 1.29 is 4.43 Å². The standard InChI is InChI=1S/C25H57N3OSi/c1-6-11-24-29-30-25-14-23-28(21-12-19-26(15-7-2)16-8-3)22-13-20-27(17-9-4)18-10-5/h6-25,30H2,1-5H3. The molecule has 0 spiro atoms. The van der Waals surface area contributed by atoms with Gasteiger partial charge < -0.3 is 19.1 Å². The van der Waals surface area contributed by atoms with Crippen molar-refractivity contribution >= 4 is 9.76 Å². The minimum absolute atomic E-state index is 0.287. The molecule has 0 aliphatic heterocycles. The summed E-state index contributed by atoms with van der Waals surface area (Å²) in [5.74, 6) is 0. The molecule has 0 N–H and O–H groups in total. The van der Waals surface area contributed by atoms with Gasteiger partial charge >= 0.3 is 0 Å². The minimum Gasteiger partial charge on any atom is -0.424 e. The Morgan fingerprint density at radius 1 is 0.467 bits per heavy atom. The molecule has 0 saturated heterocycles. The van der Waals surface area contributed by atoms with Crippen molar-refractivity contribution in [2.45, 2.75) is 98.5 Å². The highest BCUT2D eigenvalue weighted by atomic mass is 28.2. The number of hydrogen-bond acceptors (Lipinski definition) is 4. The second-order valence-electron chi connectivity index (χ2n) is 8.91. The van der Waals surface area contributed by atoms with Gasteiger partial charge in [0.2, 0.25) is 0 Å². The Hall–Kier alpha value is 0.0569. The van der Waals surface area contributed by atoms with Gasteiger partial charge in [0.05, 0.1) is 0 Å². The van der Waals surface area contributed by atoms with Crippen LogP contribution in [0.2, 0.25) is 6.04 Å². The Balaban J connectivity index is 4.31.